The molecule has 35 heavy (non-hydrogen) atoms. The van der Waals surface area contributed by atoms with Crippen LogP contribution in [0.4, 0.5) is 14.9 Å². The second-order valence-corrected chi connectivity index (χ2v) is 9.30. The first-order valence-corrected chi connectivity index (χ1v) is 12.0. The number of carbonyl (C=O) groups excluding carboxylic acids is 3. The Morgan fingerprint density at radius 1 is 1.03 bits per heavy atom. The van der Waals surface area contributed by atoms with Crippen molar-refractivity contribution in [3.05, 3.63) is 64.6 Å². The molecule has 3 aromatic rings. The molecule has 8 nitrogen and oxygen atoms in total. The highest BCUT2D eigenvalue weighted by atomic mass is 35.5. The number of hydrogen-bond donors (Lipinski definition) is 4. The summed E-state index contributed by atoms with van der Waals surface area (Å²) < 4.78 is 14.8. The Bertz CT molecular complexity index is 1310. The fourth-order valence-corrected chi connectivity index (χ4v) is 4.99. The Kier molecular flexibility index (Phi) is 6.34. The zero-order chi connectivity index (χ0) is 24.5. The van der Waals surface area contributed by atoms with E-state index in [1.807, 2.05) is 0 Å². The monoisotopic (exact) mass is 497 g/mol. The van der Waals surface area contributed by atoms with Crippen molar-refractivity contribution in [3.8, 4) is 0 Å². The van der Waals surface area contributed by atoms with Gasteiger partial charge in [0.25, 0.3) is 11.8 Å². The molecule has 182 valence electrons. The Morgan fingerprint density at radius 2 is 1.80 bits per heavy atom. The quantitative estimate of drug-likeness (QED) is 0.428. The number of H-pyrrole nitrogens is 1. The topological polar surface area (TPSA) is 106 Å². The fourth-order valence-electron chi connectivity index (χ4n) is 4.77. The van der Waals surface area contributed by atoms with Crippen LogP contribution in [0.15, 0.2) is 42.6 Å². The molecule has 4 N–H and O–H groups in total. The van der Waals surface area contributed by atoms with Crippen molar-refractivity contribution >= 4 is 46.0 Å². The molecular formula is C25H25ClFN5O3. The standard InChI is InChI=1S/C25H25ClFN5O3/c26-18-13-29-22-11-14(5-7-16(18)22)23(33)30-20-3-1-4-21(20)31-24(34)17-8-6-15(12-19(17)27)32-10-2-9-28-25(32)35/h5-8,11-13,20-21,29H,1-4,9-10H2,(H,28,35)(H,30,33)(H,31,34)/t20-,21+/m1/s1. The molecule has 2 heterocycles. The summed E-state index contributed by atoms with van der Waals surface area (Å²) in [6.45, 7) is 1.08. The van der Waals surface area contributed by atoms with E-state index in [0.717, 1.165) is 23.7 Å². The van der Waals surface area contributed by atoms with E-state index in [1.165, 1.54) is 17.0 Å². The number of amides is 4. The predicted molar refractivity (Wildman–Crippen MR) is 131 cm³/mol. The van der Waals surface area contributed by atoms with Crippen molar-refractivity contribution in [2.24, 2.45) is 0 Å². The highest BCUT2D eigenvalue weighted by Crippen LogP contribution is 2.25. The van der Waals surface area contributed by atoms with Crippen molar-refractivity contribution in [2.45, 2.75) is 37.8 Å². The number of nitrogens with one attached hydrogen (secondary N) is 4. The molecule has 1 aliphatic carbocycles. The summed E-state index contributed by atoms with van der Waals surface area (Å²) in [6, 6.07) is 8.53. The fraction of sp³-hybridized carbons (Fsp3) is 0.320. The molecule has 10 heteroatoms. The lowest BCUT2D eigenvalue weighted by Gasteiger charge is -2.27. The van der Waals surface area contributed by atoms with E-state index in [1.54, 1.807) is 30.5 Å². The van der Waals surface area contributed by atoms with Gasteiger partial charge in [-0.2, -0.15) is 0 Å². The second kappa shape index (κ2) is 9.58. The van der Waals surface area contributed by atoms with Crippen LogP contribution in [0.1, 0.15) is 46.4 Å². The minimum atomic E-state index is -0.699. The summed E-state index contributed by atoms with van der Waals surface area (Å²) in [5.74, 6) is -1.50. The van der Waals surface area contributed by atoms with E-state index in [2.05, 4.69) is 20.9 Å². The molecule has 4 amide bonds. The molecule has 2 fully saturated rings. The van der Waals surface area contributed by atoms with Gasteiger partial charge in [0, 0.05) is 53.5 Å². The van der Waals surface area contributed by atoms with Crippen molar-refractivity contribution in [1.29, 1.82) is 0 Å². The largest absolute Gasteiger partial charge is 0.360 e. The molecule has 0 unspecified atom stereocenters. The molecule has 5 rings (SSSR count). The van der Waals surface area contributed by atoms with Crippen LogP contribution in [0.5, 0.6) is 0 Å². The van der Waals surface area contributed by atoms with Gasteiger partial charge in [-0.05, 0) is 56.0 Å². The predicted octanol–water partition coefficient (Wildman–Crippen LogP) is 3.96. The van der Waals surface area contributed by atoms with Crippen LogP contribution in [0.25, 0.3) is 10.9 Å². The van der Waals surface area contributed by atoms with Crippen LogP contribution in [-0.2, 0) is 0 Å². The van der Waals surface area contributed by atoms with E-state index in [9.17, 15) is 18.8 Å². The molecule has 2 aromatic carbocycles. The normalized spacial score (nSPS) is 20.1. The number of anilines is 1. The summed E-state index contributed by atoms with van der Waals surface area (Å²) in [5, 5.41) is 10.0. The maximum absolute atomic E-state index is 14.8. The van der Waals surface area contributed by atoms with Gasteiger partial charge in [0.15, 0.2) is 0 Å². The van der Waals surface area contributed by atoms with Crippen molar-refractivity contribution in [2.75, 3.05) is 18.0 Å². The average molecular weight is 498 g/mol. The van der Waals surface area contributed by atoms with E-state index in [4.69, 9.17) is 11.6 Å². The first-order valence-electron chi connectivity index (χ1n) is 11.6. The number of urea groups is 1. The van der Waals surface area contributed by atoms with Crippen LogP contribution in [0.2, 0.25) is 5.02 Å². The molecule has 0 radical (unpaired) electrons. The molecule has 2 atom stereocenters. The van der Waals surface area contributed by atoms with Gasteiger partial charge in [-0.3, -0.25) is 14.5 Å². The summed E-state index contributed by atoms with van der Waals surface area (Å²) >= 11 is 6.11. The number of hydrogen-bond acceptors (Lipinski definition) is 3. The maximum atomic E-state index is 14.8. The van der Waals surface area contributed by atoms with Crippen LogP contribution >= 0.6 is 11.6 Å². The molecule has 1 aliphatic heterocycles. The Balaban J connectivity index is 1.24. The van der Waals surface area contributed by atoms with Crippen molar-refractivity contribution < 1.29 is 18.8 Å². The molecule has 1 saturated heterocycles. The van der Waals surface area contributed by atoms with Crippen molar-refractivity contribution in [1.82, 2.24) is 20.9 Å². The second-order valence-electron chi connectivity index (χ2n) is 8.89. The minimum absolute atomic E-state index is 0.0998. The van der Waals surface area contributed by atoms with E-state index < -0.39 is 11.7 Å². The number of carbonyl (C=O) groups is 3. The SMILES string of the molecule is O=C(N[C@@H]1CCC[C@@H]1NC(=O)c1ccc(N2CCCNC2=O)cc1F)c1ccc2c(Cl)c[nH]c2c1. The smallest absolute Gasteiger partial charge is 0.321 e. The lowest BCUT2D eigenvalue weighted by molar-refractivity contribution is 0.0889. The van der Waals surface area contributed by atoms with Gasteiger partial charge in [0.1, 0.15) is 5.82 Å². The first kappa shape index (κ1) is 23.2. The molecule has 0 bridgehead atoms. The Hall–Kier alpha value is -3.59. The number of fused-ring (bicyclic) bond motifs is 1. The van der Waals surface area contributed by atoms with E-state index in [0.29, 0.717) is 42.2 Å². The third-order valence-electron chi connectivity index (χ3n) is 6.63. The van der Waals surface area contributed by atoms with Gasteiger partial charge in [-0.15, -0.1) is 0 Å². The number of halogens is 2. The average Bonchev–Trinajstić information content (AvgIpc) is 3.44. The highest BCUT2D eigenvalue weighted by Gasteiger charge is 2.31. The summed E-state index contributed by atoms with van der Waals surface area (Å²) in [4.78, 5) is 42.2. The van der Waals surface area contributed by atoms with Gasteiger partial charge >= 0.3 is 6.03 Å². The van der Waals surface area contributed by atoms with Gasteiger partial charge in [-0.25, -0.2) is 9.18 Å². The first-order chi connectivity index (χ1) is 16.9. The van der Waals surface area contributed by atoms with Crippen LogP contribution in [0, 0.1) is 5.82 Å². The van der Waals surface area contributed by atoms with Crippen LogP contribution < -0.4 is 20.9 Å². The van der Waals surface area contributed by atoms with Crippen LogP contribution in [-0.4, -0.2) is 48.0 Å². The Labute approximate surface area is 206 Å². The van der Waals surface area contributed by atoms with Gasteiger partial charge in [0.2, 0.25) is 0 Å². The number of nitrogens with zero attached hydrogens (tertiary/aromatic N) is 1. The lowest BCUT2D eigenvalue weighted by atomic mass is 10.1. The highest BCUT2D eigenvalue weighted by molar-refractivity contribution is 6.35. The van der Waals surface area contributed by atoms with Crippen molar-refractivity contribution in [3.63, 3.8) is 0 Å². The van der Waals surface area contributed by atoms with Gasteiger partial charge in [0.05, 0.1) is 10.6 Å². The molecule has 0 spiro atoms. The number of aromatic nitrogens is 1. The zero-order valence-electron chi connectivity index (χ0n) is 18.9. The summed E-state index contributed by atoms with van der Waals surface area (Å²) in [6.07, 6.45) is 4.64. The molecular weight excluding hydrogens is 473 g/mol. The molecule has 1 aromatic heterocycles. The number of aromatic amines is 1. The molecule has 2 aliphatic rings. The summed E-state index contributed by atoms with van der Waals surface area (Å²) in [7, 11) is 0. The number of benzene rings is 2. The third-order valence-corrected chi connectivity index (χ3v) is 6.94. The Morgan fingerprint density at radius 3 is 2.54 bits per heavy atom. The number of rotatable bonds is 5. The van der Waals surface area contributed by atoms with Crippen LogP contribution in [0.3, 0.4) is 0 Å². The van der Waals surface area contributed by atoms with E-state index >= 15 is 0 Å². The molecule has 1 saturated carbocycles. The maximum Gasteiger partial charge on any atom is 0.321 e. The third kappa shape index (κ3) is 4.68. The van der Waals surface area contributed by atoms with E-state index in [-0.39, 0.29) is 29.6 Å². The van der Waals surface area contributed by atoms with Gasteiger partial charge < -0.3 is 20.9 Å². The summed E-state index contributed by atoms with van der Waals surface area (Å²) in [5.41, 5.74) is 1.55. The lowest BCUT2D eigenvalue weighted by Crippen LogP contribution is -2.48. The zero-order valence-corrected chi connectivity index (χ0v) is 19.6. The minimum Gasteiger partial charge on any atom is -0.360 e. The van der Waals surface area contributed by atoms with Gasteiger partial charge in [-0.1, -0.05) is 17.7 Å².